The SMILES string of the molecule is NCCOc1ccc(/C=C/C(=O)CO[C@@]2(C(=O)O)C[C@@H](O)[C@H]3OC[C@@H](CCc4ccccc4)C[C@]4(C(=O)/C=C/c5ccc(O)c(O)c5)CC[C@H]2[C@@]3(CNC2CCCC2)O4)cc1O. The first-order chi connectivity index (χ1) is 29.9. The van der Waals surface area contributed by atoms with Gasteiger partial charge in [-0.15, -0.1) is 0 Å². The molecule has 2 saturated heterocycles. The van der Waals surface area contributed by atoms with E-state index in [1.54, 1.807) is 24.3 Å². The Balaban J connectivity index is 1.22. The highest BCUT2D eigenvalue weighted by Gasteiger charge is 2.71. The zero-order valence-corrected chi connectivity index (χ0v) is 34.8. The number of ether oxygens (including phenoxy) is 4. The van der Waals surface area contributed by atoms with Crippen molar-refractivity contribution in [2.75, 3.05) is 32.9 Å². The standard InChI is InChI=1S/C48H58N2O12/c49-22-23-59-41-18-14-32(25-39(41)54)12-16-36(51)29-61-47(45(57)58)27-40(55)44-48(30-50-35-8-4-5-9-35)42(47)20-21-46(62-48,43(56)19-15-33-13-17-37(52)38(53)24-33)26-34(28-60-44)11-10-31-6-2-1-3-7-31/h1-3,6-7,12-19,24-25,34-35,40,42,44,50,52-55H,4-5,8-11,20-23,26-30,49H2,(H,57,58)/b16-12+,19-15+/t34-,40+,42+,44+,46-,47-,48+/m0/s1. The number of nitrogens with two attached hydrogens (primary N) is 1. The number of benzene rings is 3. The lowest BCUT2D eigenvalue weighted by atomic mass is 9.57. The number of aromatic hydroxyl groups is 3. The summed E-state index contributed by atoms with van der Waals surface area (Å²) in [6.07, 6.45) is 8.50. The number of rotatable bonds is 18. The highest BCUT2D eigenvalue weighted by atomic mass is 16.6. The summed E-state index contributed by atoms with van der Waals surface area (Å²) in [5.74, 6) is -3.96. The molecule has 0 radical (unpaired) electrons. The highest BCUT2D eigenvalue weighted by Crippen LogP contribution is 2.57. The van der Waals surface area contributed by atoms with E-state index in [1.807, 2.05) is 30.3 Å². The number of phenols is 3. The predicted octanol–water partition coefficient (Wildman–Crippen LogP) is 5.08. The summed E-state index contributed by atoms with van der Waals surface area (Å²) in [5, 5.41) is 57.4. The molecule has 2 aliphatic carbocycles. The van der Waals surface area contributed by atoms with Gasteiger partial charge in [-0.1, -0.05) is 67.5 Å². The molecule has 3 aromatic carbocycles. The quantitative estimate of drug-likeness (QED) is 0.0654. The second-order valence-corrected chi connectivity index (χ2v) is 17.2. The molecule has 2 heterocycles. The maximum absolute atomic E-state index is 14.9. The summed E-state index contributed by atoms with van der Waals surface area (Å²) in [7, 11) is 0. The van der Waals surface area contributed by atoms with Gasteiger partial charge in [0.1, 0.15) is 30.5 Å². The van der Waals surface area contributed by atoms with E-state index < -0.39 is 53.3 Å². The number of aliphatic hydroxyl groups is 1. The van der Waals surface area contributed by atoms with Gasteiger partial charge in [-0.3, -0.25) is 9.59 Å². The Hall–Kier alpha value is -5.09. The first-order valence-electron chi connectivity index (χ1n) is 21.6. The van der Waals surface area contributed by atoms with Gasteiger partial charge in [0.25, 0.3) is 0 Å². The van der Waals surface area contributed by atoms with Crippen LogP contribution >= 0.6 is 0 Å². The lowest BCUT2D eigenvalue weighted by molar-refractivity contribution is -0.332. The number of carbonyl (C=O) groups excluding carboxylic acids is 2. The number of hydrogen-bond acceptors (Lipinski definition) is 13. The van der Waals surface area contributed by atoms with Crippen molar-refractivity contribution >= 4 is 29.7 Å². The van der Waals surface area contributed by atoms with Crippen LogP contribution in [0, 0.1) is 11.8 Å². The van der Waals surface area contributed by atoms with Gasteiger partial charge in [0.15, 0.2) is 40.2 Å². The Bertz CT molecular complexity index is 2120. The normalized spacial score (nSPS) is 28.7. The Morgan fingerprint density at radius 2 is 1.61 bits per heavy atom. The Morgan fingerprint density at radius 1 is 0.887 bits per heavy atom. The van der Waals surface area contributed by atoms with Crippen molar-refractivity contribution in [3.05, 3.63) is 95.6 Å². The number of nitrogens with one attached hydrogen (secondary N) is 1. The molecule has 0 unspecified atom stereocenters. The average molecular weight is 855 g/mol. The van der Waals surface area contributed by atoms with Crippen molar-refractivity contribution in [3.63, 3.8) is 0 Å². The van der Waals surface area contributed by atoms with Crippen LogP contribution < -0.4 is 15.8 Å². The molecule has 4 aliphatic rings. The maximum atomic E-state index is 14.9. The van der Waals surface area contributed by atoms with Crippen LogP contribution in [0.15, 0.2) is 78.9 Å². The summed E-state index contributed by atoms with van der Waals surface area (Å²) in [4.78, 5) is 42.0. The first-order valence-corrected chi connectivity index (χ1v) is 21.6. The van der Waals surface area contributed by atoms with E-state index in [-0.39, 0.29) is 92.7 Å². The number of phenolic OH excluding ortho intramolecular Hbond substituents is 3. The van der Waals surface area contributed by atoms with Gasteiger partial charge < -0.3 is 55.5 Å². The maximum Gasteiger partial charge on any atom is 0.336 e. The lowest BCUT2D eigenvalue weighted by Gasteiger charge is -2.63. The molecule has 7 atom stereocenters. The zero-order chi connectivity index (χ0) is 43.9. The Labute approximate surface area is 361 Å². The third kappa shape index (κ3) is 9.75. The van der Waals surface area contributed by atoms with E-state index in [0.717, 1.165) is 31.2 Å². The number of aliphatic carboxylic acids is 1. The highest BCUT2D eigenvalue weighted by molar-refractivity contribution is 6.00. The van der Waals surface area contributed by atoms with Crippen LogP contribution in [0.25, 0.3) is 12.2 Å². The first kappa shape index (κ1) is 44.9. The number of ketones is 2. The molecular formula is C48H58N2O12. The largest absolute Gasteiger partial charge is 0.504 e. The van der Waals surface area contributed by atoms with E-state index >= 15 is 0 Å². The number of hydrogen-bond donors (Lipinski definition) is 7. The third-order valence-electron chi connectivity index (χ3n) is 13.1. The lowest BCUT2D eigenvalue weighted by Crippen LogP contribution is -2.78. The van der Waals surface area contributed by atoms with Gasteiger partial charge in [0.05, 0.1) is 12.7 Å². The summed E-state index contributed by atoms with van der Waals surface area (Å²) in [5.41, 5.74) is 2.40. The molecule has 7 rings (SSSR count). The minimum absolute atomic E-state index is 0.0596. The number of carboxylic acid groups (broad SMARTS) is 1. The minimum atomic E-state index is -2.11. The van der Waals surface area contributed by atoms with E-state index in [2.05, 4.69) is 5.32 Å². The second-order valence-electron chi connectivity index (χ2n) is 17.2. The fraction of sp³-hybridized carbons (Fsp3) is 0.479. The van der Waals surface area contributed by atoms with Crippen molar-refractivity contribution in [3.8, 4) is 23.0 Å². The third-order valence-corrected chi connectivity index (χ3v) is 13.1. The molecule has 2 bridgehead atoms. The van der Waals surface area contributed by atoms with Gasteiger partial charge in [0, 0.05) is 31.5 Å². The Morgan fingerprint density at radius 3 is 2.32 bits per heavy atom. The van der Waals surface area contributed by atoms with E-state index in [1.165, 1.54) is 36.4 Å². The summed E-state index contributed by atoms with van der Waals surface area (Å²) >= 11 is 0. The zero-order valence-electron chi connectivity index (χ0n) is 34.8. The van der Waals surface area contributed by atoms with Crippen LogP contribution in [0.2, 0.25) is 0 Å². The molecule has 4 fully saturated rings. The van der Waals surface area contributed by atoms with E-state index in [9.17, 15) is 39.9 Å². The molecule has 2 aliphatic heterocycles. The predicted molar refractivity (Wildman–Crippen MR) is 230 cm³/mol. The smallest absolute Gasteiger partial charge is 0.336 e. The van der Waals surface area contributed by atoms with Crippen molar-refractivity contribution < 1.29 is 58.9 Å². The summed E-state index contributed by atoms with van der Waals surface area (Å²) < 4.78 is 25.7. The van der Waals surface area contributed by atoms with Gasteiger partial charge in [0.2, 0.25) is 0 Å². The molecule has 0 spiro atoms. The van der Waals surface area contributed by atoms with Crippen LogP contribution in [0.3, 0.4) is 0 Å². The van der Waals surface area contributed by atoms with Gasteiger partial charge in [-0.25, -0.2) is 4.79 Å². The second kappa shape index (κ2) is 19.5. The molecule has 8 N–H and O–H groups in total. The van der Waals surface area contributed by atoms with E-state index in [4.69, 9.17) is 24.7 Å². The van der Waals surface area contributed by atoms with Crippen LogP contribution in [-0.4, -0.2) is 111 Å². The van der Waals surface area contributed by atoms with Crippen LogP contribution in [0.4, 0.5) is 0 Å². The Kier molecular flexibility index (Phi) is 14.2. The number of carboxylic acids is 1. The molecule has 3 aromatic rings. The number of fused-ring (bicyclic) bond motifs is 1. The topological polar surface area (TPSA) is 227 Å². The molecule has 14 nitrogen and oxygen atoms in total. The molecular weight excluding hydrogens is 797 g/mol. The molecule has 14 heteroatoms. The summed E-state index contributed by atoms with van der Waals surface area (Å²) in [6, 6.07) is 18.9. The molecule has 2 saturated carbocycles. The average Bonchev–Trinajstić information content (AvgIpc) is 3.79. The van der Waals surface area contributed by atoms with Crippen molar-refractivity contribution in [1.29, 1.82) is 0 Å². The molecule has 0 aromatic heterocycles. The van der Waals surface area contributed by atoms with Gasteiger partial charge >= 0.3 is 5.97 Å². The van der Waals surface area contributed by atoms with Crippen LogP contribution in [0.1, 0.15) is 74.5 Å². The van der Waals surface area contributed by atoms with Crippen molar-refractivity contribution in [2.24, 2.45) is 17.6 Å². The van der Waals surface area contributed by atoms with Gasteiger partial charge in [-0.05, 0) is 104 Å². The van der Waals surface area contributed by atoms with Gasteiger partial charge in [-0.2, -0.15) is 0 Å². The monoisotopic (exact) mass is 854 g/mol. The molecule has 0 amide bonds. The van der Waals surface area contributed by atoms with Crippen LogP contribution in [-0.2, 0) is 35.0 Å². The van der Waals surface area contributed by atoms with Crippen molar-refractivity contribution in [1.82, 2.24) is 5.32 Å². The van der Waals surface area contributed by atoms with E-state index in [0.29, 0.717) is 24.0 Å². The molecule has 62 heavy (non-hydrogen) atoms. The fourth-order valence-corrected chi connectivity index (χ4v) is 10.00. The summed E-state index contributed by atoms with van der Waals surface area (Å²) in [6.45, 7) is 0.0851. The molecule has 332 valence electrons. The number of aryl methyl sites for hydroxylation is 1. The van der Waals surface area contributed by atoms with Crippen molar-refractivity contribution in [2.45, 2.75) is 99.3 Å². The minimum Gasteiger partial charge on any atom is -0.504 e. The number of carbonyl (C=O) groups is 3. The number of aliphatic hydroxyl groups excluding tert-OH is 1. The van der Waals surface area contributed by atoms with Crippen LogP contribution in [0.5, 0.6) is 23.0 Å². The fourth-order valence-electron chi connectivity index (χ4n) is 10.00.